The molecule has 2 rings (SSSR count). The Balaban J connectivity index is 1.99. The standard InChI is InChI=1S/C17H24N2O2/c1-12(2)9-18-10-15-7-13(3)17(14(4)8-15)20-11-16-5-6-19-21-16/h5-8,12,18H,9-11H2,1-4H3. The van der Waals surface area contributed by atoms with E-state index in [4.69, 9.17) is 9.26 Å². The van der Waals surface area contributed by atoms with E-state index in [1.54, 1.807) is 6.20 Å². The van der Waals surface area contributed by atoms with Gasteiger partial charge in [0, 0.05) is 12.6 Å². The van der Waals surface area contributed by atoms with Gasteiger partial charge in [-0.3, -0.25) is 0 Å². The molecule has 0 bridgehead atoms. The molecule has 1 N–H and O–H groups in total. The molecule has 2 aromatic rings. The summed E-state index contributed by atoms with van der Waals surface area (Å²) in [5, 5.41) is 7.14. The van der Waals surface area contributed by atoms with Crippen molar-refractivity contribution in [3.05, 3.63) is 46.8 Å². The molecule has 0 spiro atoms. The zero-order chi connectivity index (χ0) is 15.2. The SMILES string of the molecule is Cc1cc(CNCC(C)C)cc(C)c1OCc1ccno1. The Morgan fingerprint density at radius 3 is 2.52 bits per heavy atom. The number of nitrogens with one attached hydrogen (secondary N) is 1. The summed E-state index contributed by atoms with van der Waals surface area (Å²) >= 11 is 0. The van der Waals surface area contributed by atoms with Crippen molar-refractivity contribution < 1.29 is 9.26 Å². The number of hydrogen-bond donors (Lipinski definition) is 1. The Kier molecular flexibility index (Phi) is 5.39. The topological polar surface area (TPSA) is 47.3 Å². The summed E-state index contributed by atoms with van der Waals surface area (Å²) < 4.78 is 10.9. The summed E-state index contributed by atoms with van der Waals surface area (Å²) in [4.78, 5) is 0. The van der Waals surface area contributed by atoms with Crippen LogP contribution in [-0.2, 0) is 13.2 Å². The molecule has 0 atom stereocenters. The van der Waals surface area contributed by atoms with Gasteiger partial charge in [0.1, 0.15) is 12.4 Å². The monoisotopic (exact) mass is 288 g/mol. The van der Waals surface area contributed by atoms with Gasteiger partial charge in [-0.05, 0) is 43.0 Å². The molecule has 4 heteroatoms. The quantitative estimate of drug-likeness (QED) is 0.845. The third-order valence-corrected chi connectivity index (χ3v) is 3.25. The van der Waals surface area contributed by atoms with Crippen molar-refractivity contribution in [1.29, 1.82) is 0 Å². The molecule has 0 aliphatic carbocycles. The van der Waals surface area contributed by atoms with Crippen molar-refractivity contribution in [3.8, 4) is 5.75 Å². The highest BCUT2D eigenvalue weighted by atomic mass is 16.5. The van der Waals surface area contributed by atoms with Crippen molar-refractivity contribution >= 4 is 0 Å². The minimum atomic E-state index is 0.409. The van der Waals surface area contributed by atoms with Gasteiger partial charge < -0.3 is 14.6 Å². The second-order valence-electron chi connectivity index (χ2n) is 5.85. The highest BCUT2D eigenvalue weighted by Gasteiger charge is 2.08. The van der Waals surface area contributed by atoms with E-state index in [1.807, 2.05) is 6.07 Å². The number of rotatable bonds is 7. The molecule has 0 aliphatic heterocycles. The van der Waals surface area contributed by atoms with Crippen LogP contribution in [0, 0.1) is 19.8 Å². The maximum absolute atomic E-state index is 5.86. The Morgan fingerprint density at radius 1 is 1.24 bits per heavy atom. The molecular formula is C17H24N2O2. The molecule has 0 amide bonds. The molecule has 0 radical (unpaired) electrons. The highest BCUT2D eigenvalue weighted by Crippen LogP contribution is 2.25. The molecule has 1 aromatic heterocycles. The number of aromatic nitrogens is 1. The predicted molar refractivity (Wildman–Crippen MR) is 83.3 cm³/mol. The second kappa shape index (κ2) is 7.27. The number of ether oxygens (including phenoxy) is 1. The Hall–Kier alpha value is -1.81. The first kappa shape index (κ1) is 15.6. The van der Waals surface area contributed by atoms with Gasteiger partial charge in [0.25, 0.3) is 0 Å². The summed E-state index contributed by atoms with van der Waals surface area (Å²) in [6, 6.07) is 6.17. The first-order valence-electron chi connectivity index (χ1n) is 7.39. The van der Waals surface area contributed by atoms with Crippen molar-refractivity contribution in [3.63, 3.8) is 0 Å². The van der Waals surface area contributed by atoms with Gasteiger partial charge in [0.05, 0.1) is 6.20 Å². The molecule has 1 aromatic carbocycles. The average molecular weight is 288 g/mol. The summed E-state index contributed by atoms with van der Waals surface area (Å²) in [5.41, 5.74) is 3.59. The van der Waals surface area contributed by atoms with Gasteiger partial charge in [-0.25, -0.2) is 0 Å². The molecule has 0 aliphatic rings. The zero-order valence-corrected chi connectivity index (χ0v) is 13.3. The van der Waals surface area contributed by atoms with E-state index in [2.05, 4.69) is 50.3 Å². The van der Waals surface area contributed by atoms with E-state index in [0.29, 0.717) is 12.5 Å². The lowest BCUT2D eigenvalue weighted by Gasteiger charge is -2.14. The maximum Gasteiger partial charge on any atom is 0.174 e. The van der Waals surface area contributed by atoms with E-state index in [0.717, 1.165) is 35.7 Å². The van der Waals surface area contributed by atoms with E-state index in [9.17, 15) is 0 Å². The lowest BCUT2D eigenvalue weighted by Crippen LogP contribution is -2.19. The Labute approximate surface area is 126 Å². The first-order chi connectivity index (χ1) is 10.1. The number of benzene rings is 1. The highest BCUT2D eigenvalue weighted by molar-refractivity contribution is 5.43. The van der Waals surface area contributed by atoms with Crippen molar-refractivity contribution in [2.75, 3.05) is 6.54 Å². The van der Waals surface area contributed by atoms with Gasteiger partial charge in [-0.2, -0.15) is 0 Å². The average Bonchev–Trinajstić information content (AvgIpc) is 2.90. The zero-order valence-electron chi connectivity index (χ0n) is 13.3. The third-order valence-electron chi connectivity index (χ3n) is 3.25. The summed E-state index contributed by atoms with van der Waals surface area (Å²) in [6.07, 6.45) is 1.63. The minimum Gasteiger partial charge on any atom is -0.485 e. The molecule has 0 saturated heterocycles. The number of nitrogens with zero attached hydrogens (tertiary/aromatic N) is 1. The van der Waals surface area contributed by atoms with Crippen molar-refractivity contribution in [2.24, 2.45) is 5.92 Å². The molecule has 0 saturated carbocycles. The molecule has 21 heavy (non-hydrogen) atoms. The summed E-state index contributed by atoms with van der Waals surface area (Å²) in [5.74, 6) is 2.33. The lowest BCUT2D eigenvalue weighted by molar-refractivity contribution is 0.246. The minimum absolute atomic E-state index is 0.409. The van der Waals surface area contributed by atoms with Gasteiger partial charge in [-0.1, -0.05) is 31.1 Å². The van der Waals surface area contributed by atoms with Crippen LogP contribution in [0.2, 0.25) is 0 Å². The van der Waals surface area contributed by atoms with Crippen LogP contribution in [0.15, 0.2) is 28.9 Å². The van der Waals surface area contributed by atoms with Gasteiger partial charge in [0.2, 0.25) is 0 Å². The van der Waals surface area contributed by atoms with Crippen LogP contribution in [0.3, 0.4) is 0 Å². The molecule has 0 fully saturated rings. The number of hydrogen-bond acceptors (Lipinski definition) is 4. The molecular weight excluding hydrogens is 264 g/mol. The lowest BCUT2D eigenvalue weighted by atomic mass is 10.1. The fourth-order valence-electron chi connectivity index (χ4n) is 2.33. The van der Waals surface area contributed by atoms with E-state index < -0.39 is 0 Å². The fraction of sp³-hybridized carbons (Fsp3) is 0.471. The van der Waals surface area contributed by atoms with Crippen LogP contribution in [0.5, 0.6) is 5.75 Å². The van der Waals surface area contributed by atoms with Crippen LogP contribution in [0.25, 0.3) is 0 Å². The summed E-state index contributed by atoms with van der Waals surface area (Å²) in [6.45, 7) is 10.9. The predicted octanol–water partition coefficient (Wildman–Crippen LogP) is 3.62. The normalized spacial score (nSPS) is 11.1. The second-order valence-corrected chi connectivity index (χ2v) is 5.85. The molecule has 0 unspecified atom stereocenters. The van der Waals surface area contributed by atoms with Gasteiger partial charge in [-0.15, -0.1) is 0 Å². The number of aryl methyl sites for hydroxylation is 2. The Morgan fingerprint density at radius 2 is 1.95 bits per heavy atom. The van der Waals surface area contributed by atoms with Crippen LogP contribution in [0.1, 0.15) is 36.3 Å². The third kappa shape index (κ3) is 4.60. The van der Waals surface area contributed by atoms with Crippen LogP contribution < -0.4 is 10.1 Å². The van der Waals surface area contributed by atoms with E-state index in [-0.39, 0.29) is 0 Å². The van der Waals surface area contributed by atoms with Crippen LogP contribution in [0.4, 0.5) is 0 Å². The van der Waals surface area contributed by atoms with Crippen LogP contribution >= 0.6 is 0 Å². The van der Waals surface area contributed by atoms with Gasteiger partial charge in [0.15, 0.2) is 5.76 Å². The maximum atomic E-state index is 5.86. The van der Waals surface area contributed by atoms with Crippen molar-refractivity contribution in [1.82, 2.24) is 10.5 Å². The van der Waals surface area contributed by atoms with Crippen molar-refractivity contribution in [2.45, 2.75) is 40.8 Å². The largest absolute Gasteiger partial charge is 0.485 e. The van der Waals surface area contributed by atoms with Crippen LogP contribution in [-0.4, -0.2) is 11.7 Å². The fourth-order valence-corrected chi connectivity index (χ4v) is 2.33. The molecule has 114 valence electrons. The summed E-state index contributed by atoms with van der Waals surface area (Å²) in [7, 11) is 0. The first-order valence-corrected chi connectivity index (χ1v) is 7.39. The molecule has 4 nitrogen and oxygen atoms in total. The van der Waals surface area contributed by atoms with E-state index in [1.165, 1.54) is 5.56 Å². The molecule has 1 heterocycles. The van der Waals surface area contributed by atoms with E-state index >= 15 is 0 Å². The smallest absolute Gasteiger partial charge is 0.174 e. The Bertz CT molecular complexity index is 539. The van der Waals surface area contributed by atoms with Gasteiger partial charge >= 0.3 is 0 Å².